The minimum atomic E-state index is -0.939. The SMILES string of the molecule is CO[C@H]1O[C@H](CO[C@H]2O[C@@H]3CO[C@@H](c4ccccc4)O[C@H]3[C@H](OCc3ccccc3)[C@H]2OCc2ccccc2)[C@@H](OCc2ccccc2)[C@H](OCc2ccccc2)[C@H]1OCc1ccccc1. The van der Waals surface area contributed by atoms with Gasteiger partial charge in [0.25, 0.3) is 0 Å². The molecule has 3 fully saturated rings. The average molecular weight is 895 g/mol. The Morgan fingerprint density at radius 3 is 1.24 bits per heavy atom. The molecule has 0 unspecified atom stereocenters. The Bertz CT molecular complexity index is 2170. The molecule has 3 aliphatic rings. The second kappa shape index (κ2) is 23.6. The van der Waals surface area contributed by atoms with Crippen molar-refractivity contribution in [1.82, 2.24) is 0 Å². The zero-order valence-corrected chi connectivity index (χ0v) is 37.1. The molecule has 0 bridgehead atoms. The van der Waals surface area contributed by atoms with Crippen LogP contribution in [0.25, 0.3) is 0 Å². The smallest absolute Gasteiger partial charge is 0.187 e. The van der Waals surface area contributed by atoms with Crippen molar-refractivity contribution in [3.05, 3.63) is 215 Å². The molecule has 6 aromatic carbocycles. The van der Waals surface area contributed by atoms with E-state index in [1.54, 1.807) is 7.11 Å². The van der Waals surface area contributed by atoms with Gasteiger partial charge < -0.3 is 52.1 Å². The van der Waals surface area contributed by atoms with E-state index in [9.17, 15) is 0 Å². The van der Waals surface area contributed by atoms with E-state index in [-0.39, 0.29) is 19.8 Å². The van der Waals surface area contributed by atoms with Crippen molar-refractivity contribution in [3.63, 3.8) is 0 Å². The zero-order chi connectivity index (χ0) is 44.8. The molecule has 0 aliphatic carbocycles. The van der Waals surface area contributed by atoms with Gasteiger partial charge in [-0.25, -0.2) is 0 Å². The van der Waals surface area contributed by atoms with E-state index in [4.69, 9.17) is 52.1 Å². The maximum Gasteiger partial charge on any atom is 0.187 e. The van der Waals surface area contributed by atoms with Crippen molar-refractivity contribution < 1.29 is 52.1 Å². The average Bonchev–Trinajstić information content (AvgIpc) is 3.39. The second-order valence-corrected chi connectivity index (χ2v) is 16.6. The largest absolute Gasteiger partial charge is 0.368 e. The summed E-state index contributed by atoms with van der Waals surface area (Å²) >= 11 is 0. The van der Waals surface area contributed by atoms with Gasteiger partial charge in [-0.2, -0.15) is 0 Å². The molecule has 0 aromatic heterocycles. The lowest BCUT2D eigenvalue weighted by molar-refractivity contribution is -0.379. The van der Waals surface area contributed by atoms with E-state index in [2.05, 4.69) is 0 Å². The van der Waals surface area contributed by atoms with Crippen LogP contribution in [0, 0.1) is 0 Å². The second-order valence-electron chi connectivity index (χ2n) is 16.6. The minimum Gasteiger partial charge on any atom is -0.368 e. The third-order valence-corrected chi connectivity index (χ3v) is 12.0. The molecule has 3 saturated heterocycles. The van der Waals surface area contributed by atoms with Crippen LogP contribution < -0.4 is 0 Å². The van der Waals surface area contributed by atoms with Gasteiger partial charge in [-0.1, -0.05) is 182 Å². The third-order valence-electron chi connectivity index (χ3n) is 12.0. The van der Waals surface area contributed by atoms with Gasteiger partial charge in [0.05, 0.1) is 46.2 Å². The first-order valence-corrected chi connectivity index (χ1v) is 22.7. The molecule has 6 aromatic rings. The van der Waals surface area contributed by atoms with Crippen molar-refractivity contribution in [2.24, 2.45) is 0 Å². The molecule has 11 nitrogen and oxygen atoms in total. The van der Waals surface area contributed by atoms with Crippen LogP contribution >= 0.6 is 0 Å². The molecule has 3 aliphatic heterocycles. The van der Waals surface area contributed by atoms with E-state index in [0.29, 0.717) is 26.4 Å². The fraction of sp³-hybridized carbons (Fsp3) is 0.345. The first-order valence-electron chi connectivity index (χ1n) is 22.7. The van der Waals surface area contributed by atoms with Crippen molar-refractivity contribution in [2.75, 3.05) is 20.3 Å². The Balaban J connectivity index is 1.02. The molecule has 11 atom stereocenters. The molecule has 0 spiro atoms. The summed E-state index contributed by atoms with van der Waals surface area (Å²) < 4.78 is 73.9. The summed E-state index contributed by atoms with van der Waals surface area (Å²) in [5, 5.41) is 0. The molecule has 11 heteroatoms. The predicted molar refractivity (Wildman–Crippen MR) is 245 cm³/mol. The predicted octanol–water partition coefficient (Wildman–Crippen LogP) is 9.14. The van der Waals surface area contributed by atoms with Gasteiger partial charge in [0, 0.05) is 12.7 Å². The zero-order valence-electron chi connectivity index (χ0n) is 37.1. The number of ether oxygens (including phenoxy) is 11. The summed E-state index contributed by atoms with van der Waals surface area (Å²) in [4.78, 5) is 0. The van der Waals surface area contributed by atoms with Gasteiger partial charge >= 0.3 is 0 Å². The van der Waals surface area contributed by atoms with E-state index in [1.807, 2.05) is 182 Å². The molecule has 3 heterocycles. The Morgan fingerprint density at radius 1 is 0.394 bits per heavy atom. The standard InChI is InChI=1S/C55H58O11/c1-56-54-51(60-35-42-26-14-5-15-27-42)49(58-33-40-22-10-3-11-23-40)47(57-32-39-20-8-2-9-21-39)45(64-54)37-63-55-52(61-36-43-28-16-6-17-29-43)50(59-34-41-24-12-4-13-25-41)48-46(65-55)38-62-53(66-48)44-30-18-7-19-31-44/h2-31,45-55H,32-38H2,1H3/t45-,46-,47-,48-,49+,50+,51-,52-,53-,54+,55+/m1/s1. The van der Waals surface area contributed by atoms with Crippen LogP contribution in [0.2, 0.25) is 0 Å². The fourth-order valence-electron chi connectivity index (χ4n) is 8.62. The summed E-state index contributed by atoms with van der Waals surface area (Å²) in [5.41, 5.74) is 5.91. The highest BCUT2D eigenvalue weighted by Gasteiger charge is 2.54. The number of methoxy groups -OCH3 is 1. The Morgan fingerprint density at radius 2 is 0.788 bits per heavy atom. The lowest BCUT2D eigenvalue weighted by atomic mass is 9.96. The van der Waals surface area contributed by atoms with Crippen LogP contribution in [0.5, 0.6) is 0 Å². The van der Waals surface area contributed by atoms with Crippen LogP contribution in [0.1, 0.15) is 39.7 Å². The maximum atomic E-state index is 6.92. The summed E-state index contributed by atoms with van der Waals surface area (Å²) in [6.07, 6.45) is -7.59. The van der Waals surface area contributed by atoms with E-state index in [0.717, 1.165) is 33.4 Å². The first kappa shape index (κ1) is 46.0. The molecule has 0 saturated carbocycles. The van der Waals surface area contributed by atoms with Crippen LogP contribution in [0.3, 0.4) is 0 Å². The quantitative estimate of drug-likeness (QED) is 0.0734. The van der Waals surface area contributed by atoms with Crippen LogP contribution in [0.15, 0.2) is 182 Å². The highest BCUT2D eigenvalue weighted by Crippen LogP contribution is 2.38. The van der Waals surface area contributed by atoms with Gasteiger partial charge in [0.1, 0.15) is 48.8 Å². The molecule has 0 N–H and O–H groups in total. The summed E-state index contributed by atoms with van der Waals surface area (Å²) in [7, 11) is 1.61. The lowest BCUT2D eigenvalue weighted by Gasteiger charge is -2.49. The number of benzene rings is 6. The van der Waals surface area contributed by atoms with Crippen molar-refractivity contribution >= 4 is 0 Å². The highest BCUT2D eigenvalue weighted by molar-refractivity contribution is 5.19. The molecular formula is C55H58O11. The summed E-state index contributed by atoms with van der Waals surface area (Å²) in [5.74, 6) is 0. The van der Waals surface area contributed by atoms with Crippen LogP contribution in [-0.4, -0.2) is 81.7 Å². The van der Waals surface area contributed by atoms with E-state index in [1.165, 1.54) is 0 Å². The Kier molecular flexibility index (Phi) is 16.4. The van der Waals surface area contributed by atoms with Crippen molar-refractivity contribution in [2.45, 2.75) is 101 Å². The molecule has 66 heavy (non-hydrogen) atoms. The lowest BCUT2D eigenvalue weighted by Crippen LogP contribution is -2.65. The Labute approximate surface area is 387 Å². The first-order chi connectivity index (χ1) is 32.7. The fourth-order valence-corrected chi connectivity index (χ4v) is 8.62. The topological polar surface area (TPSA) is 102 Å². The van der Waals surface area contributed by atoms with E-state index < -0.39 is 67.7 Å². The normalized spacial score (nSPS) is 27.5. The monoisotopic (exact) mass is 894 g/mol. The molecule has 0 radical (unpaired) electrons. The molecule has 344 valence electrons. The minimum absolute atomic E-state index is 0.0168. The summed E-state index contributed by atoms with van der Waals surface area (Å²) in [6.45, 7) is 1.76. The Hall–Kier alpha value is -5.12. The number of hydrogen-bond acceptors (Lipinski definition) is 11. The molecule has 9 rings (SSSR count). The van der Waals surface area contributed by atoms with Gasteiger partial charge in [-0.3, -0.25) is 0 Å². The summed E-state index contributed by atoms with van der Waals surface area (Å²) in [6, 6.07) is 60.1. The number of rotatable bonds is 20. The molecular weight excluding hydrogens is 837 g/mol. The third kappa shape index (κ3) is 12.1. The van der Waals surface area contributed by atoms with E-state index >= 15 is 0 Å². The maximum absolute atomic E-state index is 6.92. The molecule has 0 amide bonds. The number of hydrogen-bond donors (Lipinski definition) is 0. The van der Waals surface area contributed by atoms with Crippen molar-refractivity contribution in [1.29, 1.82) is 0 Å². The van der Waals surface area contributed by atoms with Crippen LogP contribution in [0.4, 0.5) is 0 Å². The van der Waals surface area contributed by atoms with Gasteiger partial charge in [-0.05, 0) is 27.8 Å². The van der Waals surface area contributed by atoms with Gasteiger partial charge in [0.15, 0.2) is 18.9 Å². The van der Waals surface area contributed by atoms with Crippen molar-refractivity contribution in [3.8, 4) is 0 Å². The van der Waals surface area contributed by atoms with Gasteiger partial charge in [0.2, 0.25) is 0 Å². The van der Waals surface area contributed by atoms with Crippen LogP contribution in [-0.2, 0) is 85.1 Å². The number of fused-ring (bicyclic) bond motifs is 1. The van der Waals surface area contributed by atoms with Gasteiger partial charge in [-0.15, -0.1) is 0 Å². The highest BCUT2D eigenvalue weighted by atomic mass is 16.8.